The van der Waals surface area contributed by atoms with E-state index in [1.807, 2.05) is 12.3 Å². The fourth-order valence-corrected chi connectivity index (χ4v) is 3.13. The molecule has 0 aliphatic heterocycles. The van der Waals surface area contributed by atoms with Gasteiger partial charge in [0.2, 0.25) is 0 Å². The number of anilines is 1. The van der Waals surface area contributed by atoms with Crippen molar-refractivity contribution in [2.24, 2.45) is 0 Å². The Morgan fingerprint density at radius 1 is 1.45 bits per heavy atom. The number of hydrogen-bond acceptors (Lipinski definition) is 5. The molecular weight excluding hydrogens is 302 g/mol. The third-order valence-electron chi connectivity index (χ3n) is 2.43. The monoisotopic (exact) mass is 313 g/mol. The second kappa shape index (κ2) is 5.55. The van der Waals surface area contributed by atoms with E-state index in [2.05, 4.69) is 14.9 Å². The van der Waals surface area contributed by atoms with Gasteiger partial charge in [0.05, 0.1) is 6.20 Å². The number of thioether (sulfide) groups is 1. The molecule has 0 saturated heterocycles. The Morgan fingerprint density at radius 3 is 2.85 bits per heavy atom. The number of benzene rings is 1. The van der Waals surface area contributed by atoms with Gasteiger partial charge in [-0.1, -0.05) is 6.07 Å². The van der Waals surface area contributed by atoms with E-state index in [0.717, 1.165) is 11.1 Å². The number of H-pyrrole nitrogens is 1. The van der Waals surface area contributed by atoms with Crippen molar-refractivity contribution in [3.8, 4) is 0 Å². The normalized spacial score (nSPS) is 11.2. The zero-order valence-electron chi connectivity index (χ0n) is 10.3. The summed E-state index contributed by atoms with van der Waals surface area (Å²) in [4.78, 5) is 11.8. The predicted octanol–water partition coefficient (Wildman–Crippen LogP) is 1.63. The van der Waals surface area contributed by atoms with Gasteiger partial charge in [-0.3, -0.25) is 9.82 Å². The third-order valence-corrected chi connectivity index (χ3v) is 4.50. The zero-order chi connectivity index (χ0) is 14.8. The van der Waals surface area contributed by atoms with E-state index >= 15 is 0 Å². The first-order valence-electron chi connectivity index (χ1n) is 5.37. The van der Waals surface area contributed by atoms with Crippen LogP contribution >= 0.6 is 11.8 Å². The number of nitrogens with one attached hydrogen (secondary N) is 2. The van der Waals surface area contributed by atoms with Gasteiger partial charge in [-0.25, -0.2) is 4.79 Å². The topological polar surface area (TPSA) is 112 Å². The van der Waals surface area contributed by atoms with Gasteiger partial charge in [0.25, 0.3) is 10.0 Å². The molecule has 0 amide bonds. The van der Waals surface area contributed by atoms with Crippen LogP contribution < -0.4 is 4.72 Å². The van der Waals surface area contributed by atoms with E-state index < -0.39 is 26.6 Å². The van der Waals surface area contributed by atoms with E-state index in [4.69, 9.17) is 5.11 Å². The first-order chi connectivity index (χ1) is 9.44. The maximum absolute atomic E-state index is 12.1. The Balaban J connectivity index is 2.35. The summed E-state index contributed by atoms with van der Waals surface area (Å²) in [5.41, 5.74) is -0.0543. The lowest BCUT2D eigenvalue weighted by molar-refractivity contribution is 0.0692. The summed E-state index contributed by atoms with van der Waals surface area (Å²) in [6.07, 6.45) is 2.82. The summed E-state index contributed by atoms with van der Waals surface area (Å²) in [6.45, 7) is 0. The molecule has 2 rings (SSSR count). The standard InChI is InChI=1S/C11H11N3O4S2/c1-19-8-4-2-3-7(5-8)14-20(17,18)10-9(11(15)16)6-12-13-10/h2-6,14H,1H3,(H,12,13)(H,15,16). The average molecular weight is 313 g/mol. The van der Waals surface area contributed by atoms with Crippen molar-refractivity contribution in [1.82, 2.24) is 10.2 Å². The Hall–Kier alpha value is -2.00. The number of aromatic amines is 1. The summed E-state index contributed by atoms with van der Waals surface area (Å²) in [6, 6.07) is 6.77. The highest BCUT2D eigenvalue weighted by atomic mass is 32.2. The van der Waals surface area contributed by atoms with Crippen LogP contribution in [0.5, 0.6) is 0 Å². The molecular formula is C11H11N3O4S2. The van der Waals surface area contributed by atoms with Gasteiger partial charge in [0.15, 0.2) is 5.03 Å². The van der Waals surface area contributed by atoms with Gasteiger partial charge < -0.3 is 5.11 Å². The minimum Gasteiger partial charge on any atom is -0.478 e. The van der Waals surface area contributed by atoms with Crippen LogP contribution in [0, 0.1) is 0 Å². The molecule has 7 nitrogen and oxygen atoms in total. The largest absolute Gasteiger partial charge is 0.478 e. The molecule has 0 fully saturated rings. The summed E-state index contributed by atoms with van der Waals surface area (Å²) < 4.78 is 26.6. The second-order valence-electron chi connectivity index (χ2n) is 3.76. The van der Waals surface area contributed by atoms with Crippen LogP contribution in [0.15, 0.2) is 40.4 Å². The van der Waals surface area contributed by atoms with E-state index in [1.165, 1.54) is 11.8 Å². The molecule has 0 saturated carbocycles. The summed E-state index contributed by atoms with van der Waals surface area (Å²) in [7, 11) is -4.03. The van der Waals surface area contributed by atoms with Gasteiger partial charge in [-0.15, -0.1) is 11.8 Å². The highest BCUT2D eigenvalue weighted by molar-refractivity contribution is 7.98. The number of carboxylic acid groups (broad SMARTS) is 1. The molecule has 0 spiro atoms. The molecule has 0 aliphatic carbocycles. The molecule has 0 unspecified atom stereocenters. The number of sulfonamides is 1. The van der Waals surface area contributed by atoms with Crippen molar-refractivity contribution < 1.29 is 18.3 Å². The molecule has 3 N–H and O–H groups in total. The SMILES string of the molecule is CSc1cccc(NS(=O)(=O)c2[nH]ncc2C(=O)O)c1. The van der Waals surface area contributed by atoms with Gasteiger partial charge in [0.1, 0.15) is 5.56 Å². The maximum atomic E-state index is 12.1. The lowest BCUT2D eigenvalue weighted by atomic mass is 10.3. The minimum absolute atomic E-state index is 0.350. The highest BCUT2D eigenvalue weighted by Gasteiger charge is 2.24. The van der Waals surface area contributed by atoms with E-state index in [9.17, 15) is 13.2 Å². The fraction of sp³-hybridized carbons (Fsp3) is 0.0909. The summed E-state index contributed by atoms with van der Waals surface area (Å²) in [5, 5.41) is 14.1. The van der Waals surface area contributed by atoms with Gasteiger partial charge in [0, 0.05) is 10.6 Å². The van der Waals surface area contributed by atoms with Crippen molar-refractivity contribution in [3.63, 3.8) is 0 Å². The Morgan fingerprint density at radius 2 is 2.20 bits per heavy atom. The highest BCUT2D eigenvalue weighted by Crippen LogP contribution is 2.22. The first kappa shape index (κ1) is 14.4. The number of aromatic carboxylic acids is 1. The van der Waals surface area contributed by atoms with Crippen LogP contribution in [0.25, 0.3) is 0 Å². The molecule has 0 radical (unpaired) electrons. The van der Waals surface area contributed by atoms with Crippen LogP contribution in [0.3, 0.4) is 0 Å². The van der Waals surface area contributed by atoms with Gasteiger partial charge in [-0.05, 0) is 24.5 Å². The number of carbonyl (C=O) groups is 1. The molecule has 1 aromatic heterocycles. The number of carboxylic acids is 1. The molecule has 2 aromatic rings. The van der Waals surface area contributed by atoms with Crippen molar-refractivity contribution in [2.75, 3.05) is 11.0 Å². The van der Waals surface area contributed by atoms with E-state index in [0.29, 0.717) is 5.69 Å². The minimum atomic E-state index is -4.03. The van der Waals surface area contributed by atoms with Crippen LogP contribution in [-0.4, -0.2) is 35.9 Å². The second-order valence-corrected chi connectivity index (χ2v) is 6.25. The van der Waals surface area contributed by atoms with Crippen molar-refractivity contribution in [3.05, 3.63) is 36.0 Å². The molecule has 20 heavy (non-hydrogen) atoms. The predicted molar refractivity (Wildman–Crippen MR) is 74.6 cm³/mol. The van der Waals surface area contributed by atoms with Crippen LogP contribution in [0.4, 0.5) is 5.69 Å². The quantitative estimate of drug-likeness (QED) is 0.723. The Labute approximate surface area is 119 Å². The van der Waals surface area contributed by atoms with Crippen molar-refractivity contribution >= 4 is 33.4 Å². The maximum Gasteiger partial charge on any atom is 0.340 e. The Kier molecular flexibility index (Phi) is 4.00. The number of rotatable bonds is 5. The molecule has 0 bridgehead atoms. The zero-order valence-corrected chi connectivity index (χ0v) is 12.0. The number of aromatic nitrogens is 2. The van der Waals surface area contributed by atoms with Crippen LogP contribution in [-0.2, 0) is 10.0 Å². The summed E-state index contributed by atoms with van der Waals surface area (Å²) >= 11 is 1.47. The van der Waals surface area contributed by atoms with Gasteiger partial charge >= 0.3 is 5.97 Å². The molecule has 106 valence electrons. The van der Waals surface area contributed by atoms with Gasteiger partial charge in [-0.2, -0.15) is 13.5 Å². The Bertz CT molecular complexity index is 740. The van der Waals surface area contributed by atoms with E-state index in [-0.39, 0.29) is 0 Å². The lowest BCUT2D eigenvalue weighted by Gasteiger charge is -2.08. The van der Waals surface area contributed by atoms with E-state index in [1.54, 1.807) is 18.2 Å². The molecule has 0 atom stereocenters. The van der Waals surface area contributed by atoms with Crippen LogP contribution in [0.2, 0.25) is 0 Å². The molecule has 1 aromatic carbocycles. The molecule has 0 aliphatic rings. The summed E-state index contributed by atoms with van der Waals surface area (Å²) in [5.74, 6) is -1.36. The lowest BCUT2D eigenvalue weighted by Crippen LogP contribution is -2.16. The number of nitrogens with zero attached hydrogens (tertiary/aromatic N) is 1. The van der Waals surface area contributed by atoms with Crippen molar-refractivity contribution in [1.29, 1.82) is 0 Å². The smallest absolute Gasteiger partial charge is 0.340 e. The first-order valence-corrected chi connectivity index (χ1v) is 8.08. The third kappa shape index (κ3) is 2.94. The molecule has 9 heteroatoms. The average Bonchev–Trinajstić information content (AvgIpc) is 2.88. The van der Waals surface area contributed by atoms with Crippen molar-refractivity contribution in [2.45, 2.75) is 9.92 Å². The van der Waals surface area contributed by atoms with Crippen LogP contribution in [0.1, 0.15) is 10.4 Å². The fourth-order valence-electron chi connectivity index (χ4n) is 1.52. The molecule has 1 heterocycles. The number of hydrogen-bond donors (Lipinski definition) is 3.